The fourth-order valence-electron chi connectivity index (χ4n) is 1.77. The molecule has 0 saturated carbocycles. The van der Waals surface area contributed by atoms with E-state index in [9.17, 15) is 0 Å². The average Bonchev–Trinajstić information content (AvgIpc) is 3.07. The van der Waals surface area contributed by atoms with Gasteiger partial charge in [-0.2, -0.15) is 5.10 Å². The van der Waals surface area contributed by atoms with E-state index in [1.54, 1.807) is 6.20 Å². The largest absolute Gasteiger partial charge is 0.460 e. The zero-order valence-corrected chi connectivity index (χ0v) is 11.4. The summed E-state index contributed by atoms with van der Waals surface area (Å²) in [5.74, 6) is 1.67. The highest BCUT2D eigenvalue weighted by molar-refractivity contribution is 7.15. The first-order valence-electron chi connectivity index (χ1n) is 5.85. The van der Waals surface area contributed by atoms with Crippen LogP contribution >= 0.6 is 11.3 Å². The predicted molar refractivity (Wildman–Crippen MR) is 73.0 cm³/mol. The molecular weight excluding hydrogens is 262 g/mol. The molecule has 0 unspecified atom stereocenters. The number of hydrogen-bond donors (Lipinski definition) is 2. The summed E-state index contributed by atoms with van der Waals surface area (Å²) in [5, 5.41) is 20.0. The van der Waals surface area contributed by atoms with Crippen molar-refractivity contribution in [1.82, 2.24) is 20.4 Å². The molecule has 0 aromatic carbocycles. The summed E-state index contributed by atoms with van der Waals surface area (Å²) in [5.41, 5.74) is 1.92. The van der Waals surface area contributed by atoms with Crippen LogP contribution in [0, 0.1) is 13.8 Å². The lowest BCUT2D eigenvalue weighted by atomic mass is 10.2. The molecular formula is C12H13N5OS. The van der Waals surface area contributed by atoms with E-state index in [-0.39, 0.29) is 0 Å². The van der Waals surface area contributed by atoms with Gasteiger partial charge in [-0.15, -0.1) is 10.2 Å². The summed E-state index contributed by atoms with van der Waals surface area (Å²) >= 11 is 1.53. The van der Waals surface area contributed by atoms with Crippen LogP contribution in [-0.4, -0.2) is 20.4 Å². The summed E-state index contributed by atoms with van der Waals surface area (Å²) < 4.78 is 5.60. The molecule has 0 radical (unpaired) electrons. The van der Waals surface area contributed by atoms with Crippen LogP contribution in [0.25, 0.3) is 11.5 Å². The standard InChI is InChI=1S/C12H13N5OS/c1-7-3-4-10(18-7)11-9(6-14-16-11)5-13-12-17-15-8(2)19-12/h3-4,6H,5H2,1-2H3,(H,13,17)(H,14,16). The SMILES string of the molecule is Cc1ccc(-c2[nH]ncc2CNc2nnc(C)s2)o1. The molecule has 2 N–H and O–H groups in total. The Bertz CT molecular complexity index is 684. The summed E-state index contributed by atoms with van der Waals surface area (Å²) in [6.07, 6.45) is 1.79. The van der Waals surface area contributed by atoms with E-state index in [0.29, 0.717) is 6.54 Å². The van der Waals surface area contributed by atoms with E-state index in [2.05, 4.69) is 25.7 Å². The zero-order valence-electron chi connectivity index (χ0n) is 10.6. The number of hydrogen-bond acceptors (Lipinski definition) is 6. The number of H-pyrrole nitrogens is 1. The van der Waals surface area contributed by atoms with Gasteiger partial charge in [-0.25, -0.2) is 0 Å². The van der Waals surface area contributed by atoms with Crippen LogP contribution in [0.3, 0.4) is 0 Å². The van der Waals surface area contributed by atoms with E-state index in [0.717, 1.165) is 32.9 Å². The summed E-state index contributed by atoms with van der Waals surface area (Å²) in [4.78, 5) is 0. The van der Waals surface area contributed by atoms with Crippen LogP contribution in [0.1, 0.15) is 16.3 Å². The second-order valence-electron chi connectivity index (χ2n) is 4.16. The molecule has 3 heterocycles. The fraction of sp³-hybridized carbons (Fsp3) is 0.250. The van der Waals surface area contributed by atoms with Gasteiger partial charge in [0.15, 0.2) is 5.76 Å². The molecule has 3 aromatic heterocycles. The maximum atomic E-state index is 5.60. The molecule has 0 saturated heterocycles. The van der Waals surface area contributed by atoms with Crippen LogP contribution < -0.4 is 5.32 Å². The Morgan fingerprint density at radius 1 is 1.32 bits per heavy atom. The summed E-state index contributed by atoms with van der Waals surface area (Å²) in [6, 6.07) is 3.86. The molecule has 0 aliphatic rings. The third-order valence-corrected chi connectivity index (χ3v) is 3.46. The number of anilines is 1. The average molecular weight is 275 g/mol. The van der Waals surface area contributed by atoms with E-state index in [1.807, 2.05) is 26.0 Å². The van der Waals surface area contributed by atoms with E-state index >= 15 is 0 Å². The molecule has 3 aromatic rings. The molecule has 0 bridgehead atoms. The molecule has 7 heteroatoms. The van der Waals surface area contributed by atoms with Crippen molar-refractivity contribution in [2.24, 2.45) is 0 Å². The minimum Gasteiger partial charge on any atom is -0.460 e. The maximum Gasteiger partial charge on any atom is 0.205 e. The lowest BCUT2D eigenvalue weighted by Crippen LogP contribution is -1.99. The van der Waals surface area contributed by atoms with Gasteiger partial charge in [-0.05, 0) is 26.0 Å². The van der Waals surface area contributed by atoms with Crippen LogP contribution in [0.15, 0.2) is 22.7 Å². The number of rotatable bonds is 4. The van der Waals surface area contributed by atoms with Gasteiger partial charge in [-0.3, -0.25) is 5.10 Å². The minimum absolute atomic E-state index is 0.625. The van der Waals surface area contributed by atoms with Crippen molar-refractivity contribution in [3.8, 4) is 11.5 Å². The smallest absolute Gasteiger partial charge is 0.205 e. The number of aromatic amines is 1. The van der Waals surface area contributed by atoms with Crippen LogP contribution in [0.4, 0.5) is 5.13 Å². The first-order valence-corrected chi connectivity index (χ1v) is 6.67. The Labute approximate surface area is 113 Å². The third kappa shape index (κ3) is 2.50. The Hall–Kier alpha value is -2.15. The minimum atomic E-state index is 0.625. The van der Waals surface area contributed by atoms with Gasteiger partial charge >= 0.3 is 0 Å². The molecule has 3 rings (SSSR count). The quantitative estimate of drug-likeness (QED) is 0.765. The van der Waals surface area contributed by atoms with Crippen LogP contribution in [0.2, 0.25) is 0 Å². The van der Waals surface area contributed by atoms with E-state index in [4.69, 9.17) is 4.42 Å². The first kappa shape index (κ1) is 11.9. The van der Waals surface area contributed by atoms with Crippen LogP contribution in [-0.2, 0) is 6.54 Å². The Morgan fingerprint density at radius 3 is 2.89 bits per heavy atom. The fourth-order valence-corrected chi connectivity index (χ4v) is 2.35. The Balaban J connectivity index is 1.77. The molecule has 0 atom stereocenters. The number of aromatic nitrogens is 4. The highest BCUT2D eigenvalue weighted by Gasteiger charge is 2.11. The van der Waals surface area contributed by atoms with Gasteiger partial charge in [0, 0.05) is 12.1 Å². The van der Waals surface area contributed by atoms with E-state index in [1.165, 1.54) is 11.3 Å². The van der Waals surface area contributed by atoms with Crippen molar-refractivity contribution in [3.63, 3.8) is 0 Å². The normalized spacial score (nSPS) is 10.8. The highest BCUT2D eigenvalue weighted by atomic mass is 32.1. The van der Waals surface area contributed by atoms with Gasteiger partial charge in [0.2, 0.25) is 5.13 Å². The number of aryl methyl sites for hydroxylation is 2. The lowest BCUT2D eigenvalue weighted by Gasteiger charge is -2.01. The van der Waals surface area contributed by atoms with Crippen molar-refractivity contribution >= 4 is 16.5 Å². The van der Waals surface area contributed by atoms with Gasteiger partial charge < -0.3 is 9.73 Å². The van der Waals surface area contributed by atoms with Crippen LogP contribution in [0.5, 0.6) is 0 Å². The van der Waals surface area contributed by atoms with Crippen molar-refractivity contribution in [2.75, 3.05) is 5.32 Å². The molecule has 0 aliphatic carbocycles. The predicted octanol–water partition coefficient (Wildman–Crippen LogP) is 2.75. The molecule has 0 fully saturated rings. The Kier molecular flexibility index (Phi) is 3.04. The summed E-state index contributed by atoms with van der Waals surface area (Å²) in [7, 11) is 0. The second-order valence-corrected chi connectivity index (χ2v) is 5.34. The topological polar surface area (TPSA) is 79.6 Å². The third-order valence-electron chi connectivity index (χ3n) is 2.66. The molecule has 19 heavy (non-hydrogen) atoms. The highest BCUT2D eigenvalue weighted by Crippen LogP contribution is 2.24. The molecule has 0 aliphatic heterocycles. The molecule has 6 nitrogen and oxygen atoms in total. The number of nitrogens with one attached hydrogen (secondary N) is 2. The van der Waals surface area contributed by atoms with E-state index < -0.39 is 0 Å². The molecule has 98 valence electrons. The lowest BCUT2D eigenvalue weighted by molar-refractivity contribution is 0.545. The van der Waals surface area contributed by atoms with Gasteiger partial charge in [0.05, 0.1) is 6.20 Å². The van der Waals surface area contributed by atoms with Crippen molar-refractivity contribution in [2.45, 2.75) is 20.4 Å². The Morgan fingerprint density at radius 2 is 2.21 bits per heavy atom. The molecule has 0 amide bonds. The van der Waals surface area contributed by atoms with Crippen molar-refractivity contribution in [1.29, 1.82) is 0 Å². The first-order chi connectivity index (χ1) is 9.22. The zero-order chi connectivity index (χ0) is 13.2. The molecule has 0 spiro atoms. The number of furan rings is 1. The monoisotopic (exact) mass is 275 g/mol. The van der Waals surface area contributed by atoms with Gasteiger partial charge in [0.1, 0.15) is 16.5 Å². The van der Waals surface area contributed by atoms with Gasteiger partial charge in [0.25, 0.3) is 0 Å². The van der Waals surface area contributed by atoms with Crippen molar-refractivity contribution < 1.29 is 4.42 Å². The van der Waals surface area contributed by atoms with Gasteiger partial charge in [-0.1, -0.05) is 11.3 Å². The second kappa shape index (κ2) is 4.85. The number of nitrogens with zero attached hydrogens (tertiary/aromatic N) is 3. The van der Waals surface area contributed by atoms with Crippen molar-refractivity contribution in [3.05, 3.63) is 34.7 Å². The summed E-state index contributed by atoms with van der Waals surface area (Å²) in [6.45, 7) is 4.47. The maximum absolute atomic E-state index is 5.60.